The summed E-state index contributed by atoms with van der Waals surface area (Å²) in [6.07, 6.45) is -0.170. The topological polar surface area (TPSA) is 82.3 Å². The second-order valence-corrected chi connectivity index (χ2v) is 5.89. The Kier molecular flexibility index (Phi) is 4.80. The summed E-state index contributed by atoms with van der Waals surface area (Å²) < 4.78 is 18.2. The van der Waals surface area contributed by atoms with Crippen LogP contribution in [0.2, 0.25) is 0 Å². The summed E-state index contributed by atoms with van der Waals surface area (Å²) >= 11 is 1.37. The van der Waals surface area contributed by atoms with Gasteiger partial charge in [-0.2, -0.15) is 0 Å². The maximum Gasteiger partial charge on any atom is 0.317 e. The molecule has 0 unspecified atom stereocenters. The van der Waals surface area contributed by atoms with E-state index in [2.05, 4.69) is 4.98 Å². The minimum atomic E-state index is -0.751. The summed E-state index contributed by atoms with van der Waals surface area (Å²) in [5.41, 5.74) is 0.929. The molecule has 0 aliphatic heterocycles. The molecule has 0 saturated heterocycles. The summed E-state index contributed by atoms with van der Waals surface area (Å²) in [6, 6.07) is 12.2. The van der Waals surface area contributed by atoms with E-state index in [0.29, 0.717) is 5.69 Å². The molecule has 0 fully saturated rings. The molecule has 0 radical (unpaired) electrons. The van der Waals surface area contributed by atoms with Gasteiger partial charge >= 0.3 is 11.7 Å². The van der Waals surface area contributed by atoms with E-state index in [4.69, 9.17) is 4.74 Å². The molecule has 1 aromatic heterocycles. The Hall–Kier alpha value is -3.13. The monoisotopic (exact) mass is 358 g/mol. The lowest BCUT2D eigenvalue weighted by molar-refractivity contribution is -0.385. The van der Waals surface area contributed by atoms with Crippen molar-refractivity contribution < 1.29 is 18.8 Å². The molecule has 0 aliphatic carbocycles. The normalized spacial score (nSPS) is 10.4. The van der Waals surface area contributed by atoms with Crippen LogP contribution in [0, 0.1) is 15.9 Å². The van der Waals surface area contributed by atoms with Gasteiger partial charge in [-0.15, -0.1) is 11.3 Å². The molecule has 0 N–H and O–H groups in total. The zero-order valence-electron chi connectivity index (χ0n) is 12.7. The van der Waals surface area contributed by atoms with Gasteiger partial charge in [0.15, 0.2) is 0 Å². The van der Waals surface area contributed by atoms with Crippen LogP contribution in [0.3, 0.4) is 0 Å². The molecule has 6 nitrogen and oxygen atoms in total. The molecular weight excluding hydrogens is 347 g/mol. The number of rotatable bonds is 5. The highest BCUT2D eigenvalue weighted by molar-refractivity contribution is 7.13. The number of hydrogen-bond acceptors (Lipinski definition) is 6. The average molecular weight is 358 g/mol. The van der Waals surface area contributed by atoms with Crippen molar-refractivity contribution in [3.63, 3.8) is 0 Å². The Morgan fingerprint density at radius 1 is 1.24 bits per heavy atom. The highest BCUT2D eigenvalue weighted by atomic mass is 32.1. The van der Waals surface area contributed by atoms with E-state index in [1.54, 1.807) is 5.38 Å². The number of nitro benzene ring substituents is 1. The van der Waals surface area contributed by atoms with Gasteiger partial charge in [0.2, 0.25) is 5.75 Å². The number of carbonyl (C=O) groups excluding carboxylic acids is 1. The van der Waals surface area contributed by atoms with E-state index >= 15 is 0 Å². The molecule has 0 spiro atoms. The maximum absolute atomic E-state index is 13.3. The van der Waals surface area contributed by atoms with E-state index in [9.17, 15) is 19.3 Å². The smallest absolute Gasteiger partial charge is 0.317 e. The van der Waals surface area contributed by atoms with Crippen molar-refractivity contribution in [2.45, 2.75) is 6.42 Å². The number of thiazole rings is 1. The molecule has 0 bridgehead atoms. The molecular formula is C17H11FN2O4S. The van der Waals surface area contributed by atoms with Gasteiger partial charge < -0.3 is 4.74 Å². The Labute approximate surface area is 145 Å². The molecule has 8 heteroatoms. The van der Waals surface area contributed by atoms with Crippen LogP contribution in [-0.2, 0) is 11.2 Å². The first-order chi connectivity index (χ1) is 12.0. The van der Waals surface area contributed by atoms with Gasteiger partial charge in [0, 0.05) is 23.1 Å². The molecule has 1 heterocycles. The van der Waals surface area contributed by atoms with E-state index in [1.807, 2.05) is 30.3 Å². The van der Waals surface area contributed by atoms with Crippen molar-refractivity contribution in [1.29, 1.82) is 0 Å². The third-order valence-electron chi connectivity index (χ3n) is 3.24. The Bertz CT molecular complexity index is 927. The van der Waals surface area contributed by atoms with Crippen LogP contribution in [0.5, 0.6) is 5.75 Å². The first-order valence-corrected chi connectivity index (χ1v) is 8.05. The number of esters is 1. The number of halogens is 1. The van der Waals surface area contributed by atoms with Crippen LogP contribution >= 0.6 is 11.3 Å². The zero-order chi connectivity index (χ0) is 17.8. The first-order valence-electron chi connectivity index (χ1n) is 7.17. The molecule has 25 heavy (non-hydrogen) atoms. The number of benzene rings is 2. The maximum atomic E-state index is 13.3. The largest absolute Gasteiger partial charge is 0.419 e. The number of ether oxygens (including phenoxy) is 1. The lowest BCUT2D eigenvalue weighted by Gasteiger charge is -2.04. The molecule has 0 saturated carbocycles. The fourth-order valence-electron chi connectivity index (χ4n) is 2.13. The van der Waals surface area contributed by atoms with Gasteiger partial charge in [0.05, 0.1) is 17.0 Å². The molecule has 126 valence electrons. The Balaban J connectivity index is 1.73. The lowest BCUT2D eigenvalue weighted by atomic mass is 10.2. The molecule has 3 rings (SSSR count). The highest BCUT2D eigenvalue weighted by Crippen LogP contribution is 2.28. The minimum absolute atomic E-state index is 0.170. The number of hydrogen-bond donors (Lipinski definition) is 0. The fraction of sp³-hybridized carbons (Fsp3) is 0.0588. The van der Waals surface area contributed by atoms with Gasteiger partial charge in [-0.25, -0.2) is 9.37 Å². The van der Waals surface area contributed by atoms with Crippen LogP contribution in [0.15, 0.2) is 53.9 Å². The fourth-order valence-corrected chi connectivity index (χ4v) is 2.95. The predicted molar refractivity (Wildman–Crippen MR) is 89.9 cm³/mol. The second kappa shape index (κ2) is 7.18. The van der Waals surface area contributed by atoms with Gasteiger partial charge in [-0.1, -0.05) is 30.3 Å². The predicted octanol–water partition coefficient (Wildman–Crippen LogP) is 4.01. The Morgan fingerprint density at radius 2 is 2.00 bits per heavy atom. The first kappa shape index (κ1) is 16.7. The van der Waals surface area contributed by atoms with Crippen LogP contribution in [-0.4, -0.2) is 15.9 Å². The molecule has 3 aromatic rings. The number of carbonyl (C=O) groups is 1. The SMILES string of the molecule is O=C(Cc1csc(-c2ccccc2)n1)Oc1cc(F)ccc1[N+](=O)[O-]. The van der Waals surface area contributed by atoms with Crippen molar-refractivity contribution >= 4 is 23.0 Å². The van der Waals surface area contributed by atoms with Crippen molar-refractivity contribution in [3.05, 3.63) is 75.5 Å². The van der Waals surface area contributed by atoms with Crippen LogP contribution in [0.25, 0.3) is 10.6 Å². The highest BCUT2D eigenvalue weighted by Gasteiger charge is 2.19. The van der Waals surface area contributed by atoms with E-state index in [1.165, 1.54) is 11.3 Å². The van der Waals surface area contributed by atoms with Crippen molar-refractivity contribution in [2.75, 3.05) is 0 Å². The molecule has 0 atom stereocenters. The van der Waals surface area contributed by atoms with Crippen LogP contribution < -0.4 is 4.74 Å². The summed E-state index contributed by atoms with van der Waals surface area (Å²) in [4.78, 5) is 26.5. The summed E-state index contributed by atoms with van der Waals surface area (Å²) in [5.74, 6) is -1.90. The van der Waals surface area contributed by atoms with E-state index < -0.39 is 28.1 Å². The number of nitrogens with zero attached hydrogens (tertiary/aromatic N) is 2. The van der Waals surface area contributed by atoms with Gasteiger partial charge in [0.25, 0.3) is 0 Å². The average Bonchev–Trinajstić information content (AvgIpc) is 3.03. The number of aromatic nitrogens is 1. The van der Waals surface area contributed by atoms with Crippen molar-refractivity contribution in [3.8, 4) is 16.3 Å². The van der Waals surface area contributed by atoms with Gasteiger partial charge in [0.1, 0.15) is 10.8 Å². The Morgan fingerprint density at radius 3 is 2.72 bits per heavy atom. The summed E-state index contributed by atoms with van der Waals surface area (Å²) in [5, 5.41) is 13.4. The van der Waals surface area contributed by atoms with E-state index in [0.717, 1.165) is 28.8 Å². The van der Waals surface area contributed by atoms with Gasteiger partial charge in [-0.05, 0) is 6.07 Å². The molecule has 2 aromatic carbocycles. The van der Waals surface area contributed by atoms with Crippen molar-refractivity contribution in [2.24, 2.45) is 0 Å². The summed E-state index contributed by atoms with van der Waals surface area (Å²) in [6.45, 7) is 0. The minimum Gasteiger partial charge on any atom is -0.419 e. The molecule has 0 aliphatic rings. The summed E-state index contributed by atoms with van der Waals surface area (Å²) in [7, 11) is 0. The zero-order valence-corrected chi connectivity index (χ0v) is 13.5. The number of nitro groups is 1. The third-order valence-corrected chi connectivity index (χ3v) is 4.18. The van der Waals surface area contributed by atoms with Crippen LogP contribution in [0.4, 0.5) is 10.1 Å². The van der Waals surface area contributed by atoms with E-state index in [-0.39, 0.29) is 6.42 Å². The standard InChI is InChI=1S/C17H11FN2O4S/c18-12-6-7-14(20(22)23)15(8-12)24-16(21)9-13-10-25-17(19-13)11-4-2-1-3-5-11/h1-8,10H,9H2. The second-order valence-electron chi connectivity index (χ2n) is 5.03. The lowest BCUT2D eigenvalue weighted by Crippen LogP contribution is -2.12. The van der Waals surface area contributed by atoms with Crippen LogP contribution in [0.1, 0.15) is 5.69 Å². The molecule has 0 amide bonds. The third kappa shape index (κ3) is 4.04. The quantitative estimate of drug-likeness (QED) is 0.298. The van der Waals surface area contributed by atoms with Crippen molar-refractivity contribution in [1.82, 2.24) is 4.98 Å². The van der Waals surface area contributed by atoms with Gasteiger partial charge in [-0.3, -0.25) is 14.9 Å².